The summed E-state index contributed by atoms with van der Waals surface area (Å²) >= 11 is 1.17. The van der Waals surface area contributed by atoms with E-state index < -0.39 is 0 Å². The molecule has 0 spiro atoms. The molecule has 2 aromatic heterocycles. The first kappa shape index (κ1) is 17.2. The molecule has 2 heterocycles. The lowest BCUT2D eigenvalue weighted by Crippen LogP contribution is -2.15. The molecule has 0 aliphatic heterocycles. The van der Waals surface area contributed by atoms with Crippen molar-refractivity contribution >= 4 is 34.4 Å². The number of amides is 1. The maximum Gasteiger partial charge on any atom is 0.262 e. The van der Waals surface area contributed by atoms with Crippen molar-refractivity contribution in [2.24, 2.45) is 0 Å². The number of fused-ring (bicyclic) bond motifs is 1. The summed E-state index contributed by atoms with van der Waals surface area (Å²) in [7, 11) is 0. The van der Waals surface area contributed by atoms with Gasteiger partial charge in [0.2, 0.25) is 5.91 Å². The lowest BCUT2D eigenvalue weighted by molar-refractivity contribution is -0.113. The van der Waals surface area contributed by atoms with Gasteiger partial charge in [0.25, 0.3) is 5.56 Å². The van der Waals surface area contributed by atoms with Crippen LogP contribution in [0, 0.1) is 0 Å². The number of aromatic amines is 2. The first-order valence-electron chi connectivity index (χ1n) is 8.10. The van der Waals surface area contributed by atoms with Crippen LogP contribution in [0.15, 0.2) is 40.4 Å². The molecule has 0 aliphatic carbocycles. The quantitative estimate of drug-likeness (QED) is 0.445. The summed E-state index contributed by atoms with van der Waals surface area (Å²) in [5.41, 5.74) is 2.17. The van der Waals surface area contributed by atoms with Gasteiger partial charge < -0.3 is 10.3 Å². The number of aryl methyl sites for hydroxylation is 1. The lowest BCUT2D eigenvalue weighted by atomic mass is 10.1. The molecule has 1 amide bonds. The molecule has 0 bridgehead atoms. The van der Waals surface area contributed by atoms with E-state index in [1.165, 1.54) is 23.5 Å². The normalized spacial score (nSPS) is 10.9. The molecular weight excluding hydrogens is 338 g/mol. The number of nitrogens with one attached hydrogen (secondary N) is 3. The molecular formula is C17H19N5O2S. The van der Waals surface area contributed by atoms with Crippen LogP contribution in [0.25, 0.3) is 11.0 Å². The van der Waals surface area contributed by atoms with Crippen molar-refractivity contribution in [3.8, 4) is 0 Å². The number of carbonyl (C=O) groups excluding carboxylic acids is 1. The van der Waals surface area contributed by atoms with Gasteiger partial charge in [-0.15, -0.1) is 0 Å². The molecule has 130 valence electrons. The predicted molar refractivity (Wildman–Crippen MR) is 98.9 cm³/mol. The van der Waals surface area contributed by atoms with Gasteiger partial charge in [0.15, 0.2) is 10.8 Å². The third-order valence-electron chi connectivity index (χ3n) is 3.69. The number of nitrogens with zero attached hydrogens (tertiary/aromatic N) is 2. The number of aromatic nitrogens is 4. The Bertz CT molecular complexity index is 917. The molecule has 0 radical (unpaired) electrons. The van der Waals surface area contributed by atoms with Gasteiger partial charge in [0, 0.05) is 5.69 Å². The van der Waals surface area contributed by atoms with Crippen molar-refractivity contribution in [2.45, 2.75) is 31.3 Å². The fraction of sp³-hybridized carbons (Fsp3) is 0.294. The fourth-order valence-corrected chi connectivity index (χ4v) is 3.02. The Hall–Kier alpha value is -2.61. The molecule has 0 aliphatic rings. The summed E-state index contributed by atoms with van der Waals surface area (Å²) in [6, 6.07) is 7.88. The molecule has 0 unspecified atom stereocenters. The Balaban J connectivity index is 1.56. The zero-order valence-electron chi connectivity index (χ0n) is 13.8. The summed E-state index contributed by atoms with van der Waals surface area (Å²) < 4.78 is 0. The highest BCUT2D eigenvalue weighted by molar-refractivity contribution is 7.99. The second kappa shape index (κ2) is 7.98. The molecule has 7 nitrogen and oxygen atoms in total. The molecule has 0 saturated heterocycles. The first-order chi connectivity index (χ1) is 12.2. The minimum absolute atomic E-state index is 0.153. The van der Waals surface area contributed by atoms with E-state index >= 15 is 0 Å². The van der Waals surface area contributed by atoms with Gasteiger partial charge in [-0.05, 0) is 30.5 Å². The van der Waals surface area contributed by atoms with Crippen molar-refractivity contribution in [3.63, 3.8) is 0 Å². The van der Waals surface area contributed by atoms with Gasteiger partial charge in [-0.25, -0.2) is 4.98 Å². The number of anilines is 1. The molecule has 0 fully saturated rings. The second-order valence-electron chi connectivity index (χ2n) is 5.64. The SMILES string of the molecule is CCCCc1ccc(NC(=O)CSc2nc3[nH]ncc3c(=O)[nH]2)cc1. The second-order valence-corrected chi connectivity index (χ2v) is 6.60. The molecule has 25 heavy (non-hydrogen) atoms. The summed E-state index contributed by atoms with van der Waals surface area (Å²) in [6.45, 7) is 2.17. The minimum Gasteiger partial charge on any atom is -0.325 e. The molecule has 3 aromatic rings. The van der Waals surface area contributed by atoms with E-state index in [9.17, 15) is 9.59 Å². The van der Waals surface area contributed by atoms with E-state index in [1.807, 2.05) is 24.3 Å². The Labute approximate surface area is 148 Å². The molecule has 0 atom stereocenters. The molecule has 3 rings (SSSR count). The topological polar surface area (TPSA) is 104 Å². The van der Waals surface area contributed by atoms with Crippen molar-refractivity contribution < 1.29 is 4.79 Å². The Kier molecular flexibility index (Phi) is 5.49. The van der Waals surface area contributed by atoms with Gasteiger partial charge in [0.1, 0.15) is 5.39 Å². The monoisotopic (exact) mass is 357 g/mol. The van der Waals surface area contributed by atoms with Crippen LogP contribution in [0.5, 0.6) is 0 Å². The first-order valence-corrected chi connectivity index (χ1v) is 9.09. The minimum atomic E-state index is -0.274. The van der Waals surface area contributed by atoms with Gasteiger partial charge >= 0.3 is 0 Å². The average molecular weight is 357 g/mol. The smallest absolute Gasteiger partial charge is 0.262 e. The number of thioether (sulfide) groups is 1. The van der Waals surface area contributed by atoms with Crippen LogP contribution in [0.4, 0.5) is 5.69 Å². The Morgan fingerprint density at radius 2 is 2.08 bits per heavy atom. The number of benzene rings is 1. The van der Waals surface area contributed by atoms with Crippen molar-refractivity contribution in [1.29, 1.82) is 0 Å². The number of hydrogen-bond acceptors (Lipinski definition) is 5. The van der Waals surface area contributed by atoms with E-state index in [2.05, 4.69) is 32.4 Å². The van der Waals surface area contributed by atoms with Crippen molar-refractivity contribution in [1.82, 2.24) is 20.2 Å². The van der Waals surface area contributed by atoms with Crippen molar-refractivity contribution in [3.05, 3.63) is 46.4 Å². The van der Waals surface area contributed by atoms with Crippen LogP contribution in [0.2, 0.25) is 0 Å². The number of unbranched alkanes of at least 4 members (excludes halogenated alkanes) is 1. The average Bonchev–Trinajstić information content (AvgIpc) is 3.09. The number of H-pyrrole nitrogens is 2. The zero-order chi connectivity index (χ0) is 17.6. The van der Waals surface area contributed by atoms with E-state index in [0.717, 1.165) is 24.9 Å². The molecule has 1 aromatic carbocycles. The van der Waals surface area contributed by atoms with E-state index in [1.54, 1.807) is 0 Å². The summed E-state index contributed by atoms with van der Waals surface area (Å²) in [6.07, 6.45) is 4.80. The van der Waals surface area contributed by atoms with Gasteiger partial charge in [-0.2, -0.15) is 5.10 Å². The van der Waals surface area contributed by atoms with E-state index in [0.29, 0.717) is 16.2 Å². The van der Waals surface area contributed by atoms with Crippen LogP contribution >= 0.6 is 11.8 Å². The third kappa shape index (κ3) is 4.48. The van der Waals surface area contributed by atoms with Crippen LogP contribution < -0.4 is 10.9 Å². The molecule has 0 saturated carbocycles. The zero-order valence-corrected chi connectivity index (χ0v) is 14.7. The third-order valence-corrected chi connectivity index (χ3v) is 4.57. The summed E-state index contributed by atoms with van der Waals surface area (Å²) in [5, 5.41) is 10.1. The maximum atomic E-state index is 12.1. The molecule has 8 heteroatoms. The van der Waals surface area contributed by atoms with E-state index in [-0.39, 0.29) is 17.2 Å². The largest absolute Gasteiger partial charge is 0.325 e. The summed E-state index contributed by atoms with van der Waals surface area (Å²) in [5.74, 6) is -0.00107. The van der Waals surface area contributed by atoms with Crippen LogP contribution in [-0.2, 0) is 11.2 Å². The van der Waals surface area contributed by atoms with Crippen molar-refractivity contribution in [2.75, 3.05) is 11.1 Å². The maximum absolute atomic E-state index is 12.1. The highest BCUT2D eigenvalue weighted by Gasteiger charge is 2.09. The highest BCUT2D eigenvalue weighted by Crippen LogP contribution is 2.15. The van der Waals surface area contributed by atoms with Crippen LogP contribution in [0.1, 0.15) is 25.3 Å². The van der Waals surface area contributed by atoms with Crippen LogP contribution in [-0.4, -0.2) is 31.8 Å². The Morgan fingerprint density at radius 1 is 1.28 bits per heavy atom. The standard InChI is InChI=1S/C17H19N5O2S/c1-2-3-4-11-5-7-12(8-6-11)19-14(23)10-25-17-20-15-13(9-18-22-15)16(24)21-17/h5-9H,2-4,10H2,1H3,(H,19,23)(H2,18,20,21,22,24). The number of carbonyl (C=O) groups is 1. The number of hydrogen-bond donors (Lipinski definition) is 3. The van der Waals surface area contributed by atoms with Crippen LogP contribution in [0.3, 0.4) is 0 Å². The lowest BCUT2D eigenvalue weighted by Gasteiger charge is -2.06. The Morgan fingerprint density at radius 3 is 2.84 bits per heavy atom. The van der Waals surface area contributed by atoms with E-state index in [4.69, 9.17) is 0 Å². The highest BCUT2D eigenvalue weighted by atomic mass is 32.2. The number of rotatable bonds is 7. The predicted octanol–water partition coefficient (Wildman–Crippen LogP) is 2.72. The van der Waals surface area contributed by atoms with Gasteiger partial charge in [-0.3, -0.25) is 14.7 Å². The molecule has 3 N–H and O–H groups in total. The van der Waals surface area contributed by atoms with Gasteiger partial charge in [0.05, 0.1) is 11.9 Å². The summed E-state index contributed by atoms with van der Waals surface area (Å²) in [4.78, 5) is 30.8. The van der Waals surface area contributed by atoms with Gasteiger partial charge in [-0.1, -0.05) is 37.2 Å². The fourth-order valence-electron chi connectivity index (χ4n) is 2.36.